The minimum absolute atomic E-state index is 0.0588. The molecule has 0 fully saturated rings. The summed E-state index contributed by atoms with van der Waals surface area (Å²) in [6.07, 6.45) is 5.22. The predicted molar refractivity (Wildman–Crippen MR) is 46.9 cm³/mol. The minimum Gasteiger partial charge on any atom is -0.497 e. The van der Waals surface area contributed by atoms with Gasteiger partial charge in [-0.1, -0.05) is 5.92 Å². The second-order valence-electron chi connectivity index (χ2n) is 2.33. The lowest BCUT2D eigenvalue weighted by atomic mass is 10.1. The summed E-state index contributed by atoms with van der Waals surface area (Å²) >= 11 is 0. The molecular formula is C10H10O2. The highest BCUT2D eigenvalue weighted by Gasteiger charge is 1.99. The first kappa shape index (κ1) is 8.63. The molecule has 1 N–H and O–H groups in total. The Balaban J connectivity index is 3.13. The van der Waals surface area contributed by atoms with Crippen molar-refractivity contribution in [2.75, 3.05) is 7.11 Å². The van der Waals surface area contributed by atoms with E-state index >= 15 is 0 Å². The van der Waals surface area contributed by atoms with Gasteiger partial charge in [0.2, 0.25) is 0 Å². The van der Waals surface area contributed by atoms with E-state index in [4.69, 9.17) is 16.3 Å². The van der Waals surface area contributed by atoms with Crippen LogP contribution in [-0.2, 0) is 6.61 Å². The second-order valence-corrected chi connectivity index (χ2v) is 2.33. The number of aliphatic hydroxyl groups is 1. The maximum absolute atomic E-state index is 8.92. The SMILES string of the molecule is C#Cc1ccc(OC)cc1CO. The topological polar surface area (TPSA) is 29.5 Å². The van der Waals surface area contributed by atoms with E-state index in [0.29, 0.717) is 11.3 Å². The van der Waals surface area contributed by atoms with Crippen molar-refractivity contribution in [3.8, 4) is 18.1 Å². The standard InChI is InChI=1S/C10H10O2/c1-3-8-4-5-10(12-2)6-9(8)7-11/h1,4-6,11H,7H2,2H3. The molecule has 0 spiro atoms. The van der Waals surface area contributed by atoms with Crippen LogP contribution in [0.4, 0.5) is 0 Å². The van der Waals surface area contributed by atoms with Crippen molar-refractivity contribution in [3.05, 3.63) is 29.3 Å². The van der Waals surface area contributed by atoms with Crippen LogP contribution in [0, 0.1) is 12.3 Å². The first-order valence-corrected chi connectivity index (χ1v) is 3.56. The summed E-state index contributed by atoms with van der Waals surface area (Å²) in [7, 11) is 1.58. The lowest BCUT2D eigenvalue weighted by Crippen LogP contribution is -1.91. The largest absolute Gasteiger partial charge is 0.497 e. The molecule has 0 atom stereocenters. The monoisotopic (exact) mass is 162 g/mol. The summed E-state index contributed by atoms with van der Waals surface area (Å²) in [6.45, 7) is -0.0588. The average molecular weight is 162 g/mol. The van der Waals surface area contributed by atoms with Gasteiger partial charge in [0.1, 0.15) is 5.75 Å². The number of hydrogen-bond donors (Lipinski definition) is 1. The summed E-state index contributed by atoms with van der Waals surface area (Å²) in [5.74, 6) is 3.19. The van der Waals surface area contributed by atoms with Gasteiger partial charge in [0.25, 0.3) is 0 Å². The zero-order valence-electron chi connectivity index (χ0n) is 6.87. The molecule has 0 saturated heterocycles. The average Bonchev–Trinajstić information content (AvgIpc) is 2.16. The predicted octanol–water partition coefficient (Wildman–Crippen LogP) is 1.17. The van der Waals surface area contributed by atoms with E-state index in [0.717, 1.165) is 5.56 Å². The van der Waals surface area contributed by atoms with Crippen LogP contribution in [-0.4, -0.2) is 12.2 Å². The molecule has 1 rings (SSSR count). The zero-order valence-corrected chi connectivity index (χ0v) is 6.87. The molecule has 0 saturated carbocycles. The number of ether oxygens (including phenoxy) is 1. The van der Waals surface area contributed by atoms with Crippen LogP contribution < -0.4 is 4.74 Å². The lowest BCUT2D eigenvalue weighted by molar-refractivity contribution is 0.280. The van der Waals surface area contributed by atoms with Gasteiger partial charge >= 0.3 is 0 Å². The fraction of sp³-hybridized carbons (Fsp3) is 0.200. The Bertz CT molecular complexity index is 310. The smallest absolute Gasteiger partial charge is 0.119 e. The lowest BCUT2D eigenvalue weighted by Gasteiger charge is -2.03. The number of terminal acetylenes is 1. The van der Waals surface area contributed by atoms with Crippen LogP contribution in [0.25, 0.3) is 0 Å². The van der Waals surface area contributed by atoms with Crippen LogP contribution in [0.15, 0.2) is 18.2 Å². The Morgan fingerprint density at radius 1 is 1.58 bits per heavy atom. The maximum Gasteiger partial charge on any atom is 0.119 e. The molecule has 0 aliphatic heterocycles. The molecular weight excluding hydrogens is 152 g/mol. The van der Waals surface area contributed by atoms with Crippen LogP contribution in [0.3, 0.4) is 0 Å². The molecule has 12 heavy (non-hydrogen) atoms. The minimum atomic E-state index is -0.0588. The fourth-order valence-corrected chi connectivity index (χ4v) is 0.969. The number of aliphatic hydroxyl groups excluding tert-OH is 1. The Morgan fingerprint density at radius 3 is 2.83 bits per heavy atom. The van der Waals surface area contributed by atoms with Gasteiger partial charge in [0.05, 0.1) is 13.7 Å². The summed E-state index contributed by atoms with van der Waals surface area (Å²) in [6, 6.07) is 5.26. The Labute approximate surface area is 71.8 Å². The number of benzene rings is 1. The Kier molecular flexibility index (Phi) is 2.73. The molecule has 0 radical (unpaired) electrons. The molecule has 2 nitrogen and oxygen atoms in total. The number of methoxy groups -OCH3 is 1. The van der Waals surface area contributed by atoms with E-state index in [2.05, 4.69) is 5.92 Å². The van der Waals surface area contributed by atoms with Crippen molar-refractivity contribution >= 4 is 0 Å². The Morgan fingerprint density at radius 2 is 2.33 bits per heavy atom. The highest BCUT2D eigenvalue weighted by atomic mass is 16.5. The van der Waals surface area contributed by atoms with E-state index < -0.39 is 0 Å². The molecule has 0 amide bonds. The fourth-order valence-electron chi connectivity index (χ4n) is 0.969. The van der Waals surface area contributed by atoms with Crippen molar-refractivity contribution in [2.45, 2.75) is 6.61 Å². The van der Waals surface area contributed by atoms with Crippen LogP contribution >= 0.6 is 0 Å². The second kappa shape index (κ2) is 3.80. The van der Waals surface area contributed by atoms with E-state index in [1.54, 1.807) is 25.3 Å². The highest BCUT2D eigenvalue weighted by Crippen LogP contribution is 2.16. The van der Waals surface area contributed by atoms with Gasteiger partial charge in [-0.15, -0.1) is 6.42 Å². The van der Waals surface area contributed by atoms with Gasteiger partial charge in [-0.3, -0.25) is 0 Å². The van der Waals surface area contributed by atoms with Gasteiger partial charge < -0.3 is 9.84 Å². The van der Waals surface area contributed by atoms with Gasteiger partial charge in [-0.25, -0.2) is 0 Å². The molecule has 0 unspecified atom stereocenters. The summed E-state index contributed by atoms with van der Waals surface area (Å²) in [5, 5.41) is 8.92. The highest BCUT2D eigenvalue weighted by molar-refractivity contribution is 5.43. The van der Waals surface area contributed by atoms with E-state index in [-0.39, 0.29) is 6.61 Å². The zero-order chi connectivity index (χ0) is 8.97. The van der Waals surface area contributed by atoms with Crippen molar-refractivity contribution in [3.63, 3.8) is 0 Å². The van der Waals surface area contributed by atoms with Crippen molar-refractivity contribution in [2.24, 2.45) is 0 Å². The molecule has 0 aliphatic rings. The van der Waals surface area contributed by atoms with Crippen molar-refractivity contribution in [1.82, 2.24) is 0 Å². The molecule has 1 aromatic carbocycles. The van der Waals surface area contributed by atoms with Crippen LogP contribution in [0.1, 0.15) is 11.1 Å². The first-order chi connectivity index (χ1) is 5.81. The van der Waals surface area contributed by atoms with Crippen LogP contribution in [0.5, 0.6) is 5.75 Å². The summed E-state index contributed by atoms with van der Waals surface area (Å²) in [5.41, 5.74) is 1.43. The quantitative estimate of drug-likeness (QED) is 0.661. The molecule has 0 heterocycles. The normalized spacial score (nSPS) is 9.08. The molecule has 62 valence electrons. The molecule has 0 aromatic heterocycles. The molecule has 1 aromatic rings. The third kappa shape index (κ3) is 1.58. The molecule has 2 heteroatoms. The third-order valence-corrected chi connectivity index (χ3v) is 1.64. The molecule has 0 bridgehead atoms. The number of rotatable bonds is 2. The number of hydrogen-bond acceptors (Lipinski definition) is 2. The van der Waals surface area contributed by atoms with Crippen molar-refractivity contribution in [1.29, 1.82) is 0 Å². The summed E-state index contributed by atoms with van der Waals surface area (Å²) in [4.78, 5) is 0. The van der Waals surface area contributed by atoms with Crippen LogP contribution in [0.2, 0.25) is 0 Å². The summed E-state index contributed by atoms with van der Waals surface area (Å²) < 4.78 is 4.98. The van der Waals surface area contributed by atoms with Gasteiger partial charge in [-0.2, -0.15) is 0 Å². The maximum atomic E-state index is 8.92. The third-order valence-electron chi connectivity index (χ3n) is 1.64. The Hall–Kier alpha value is -1.46. The van der Waals surface area contributed by atoms with Crippen molar-refractivity contribution < 1.29 is 9.84 Å². The first-order valence-electron chi connectivity index (χ1n) is 3.56. The van der Waals surface area contributed by atoms with E-state index in [9.17, 15) is 0 Å². The molecule has 0 aliphatic carbocycles. The van der Waals surface area contributed by atoms with Gasteiger partial charge in [-0.05, 0) is 23.8 Å². The van der Waals surface area contributed by atoms with Gasteiger partial charge in [0.15, 0.2) is 0 Å². The van der Waals surface area contributed by atoms with E-state index in [1.165, 1.54) is 0 Å². The van der Waals surface area contributed by atoms with E-state index in [1.807, 2.05) is 0 Å². The van der Waals surface area contributed by atoms with Gasteiger partial charge in [0, 0.05) is 5.56 Å².